The molecular formula is C18H13ClF3NO3. The van der Waals surface area contributed by atoms with E-state index in [2.05, 4.69) is 0 Å². The molecule has 1 aliphatic rings. The quantitative estimate of drug-likeness (QED) is 0.830. The molecule has 0 spiro atoms. The van der Waals surface area contributed by atoms with Crippen molar-refractivity contribution in [2.75, 3.05) is 0 Å². The lowest BCUT2D eigenvalue weighted by Crippen LogP contribution is -2.40. The first-order valence-electron chi connectivity index (χ1n) is 7.52. The molecule has 3 rings (SSSR count). The van der Waals surface area contributed by atoms with E-state index in [1.54, 1.807) is 24.3 Å². The van der Waals surface area contributed by atoms with Gasteiger partial charge in [-0.2, -0.15) is 13.2 Å². The first kappa shape index (κ1) is 18.3. The zero-order chi connectivity index (χ0) is 19.1. The van der Waals surface area contributed by atoms with E-state index < -0.39 is 23.8 Å². The number of fused-ring (bicyclic) bond motifs is 1. The van der Waals surface area contributed by atoms with Crippen molar-refractivity contribution >= 4 is 23.6 Å². The van der Waals surface area contributed by atoms with E-state index in [9.17, 15) is 18.0 Å². The number of carboxylic acid groups (broad SMARTS) is 1. The summed E-state index contributed by atoms with van der Waals surface area (Å²) in [6.07, 6.45) is -6.51. The highest BCUT2D eigenvalue weighted by molar-refractivity contribution is 6.31. The Balaban J connectivity index is 2.26. The van der Waals surface area contributed by atoms with E-state index in [0.29, 0.717) is 16.7 Å². The van der Waals surface area contributed by atoms with E-state index in [4.69, 9.17) is 27.2 Å². The summed E-state index contributed by atoms with van der Waals surface area (Å²) < 4.78 is 45.1. The maximum Gasteiger partial charge on any atom is 0.430 e. The molecule has 0 fully saturated rings. The first-order valence-corrected chi connectivity index (χ1v) is 7.90. The zero-order valence-corrected chi connectivity index (χ0v) is 13.9. The van der Waals surface area contributed by atoms with E-state index >= 15 is 0 Å². The van der Waals surface area contributed by atoms with Crippen molar-refractivity contribution in [2.45, 2.75) is 18.8 Å². The van der Waals surface area contributed by atoms with Gasteiger partial charge in [0.25, 0.3) is 0 Å². The molecular weight excluding hydrogens is 371 g/mol. The van der Waals surface area contributed by atoms with Crippen molar-refractivity contribution in [1.82, 2.24) is 0 Å². The van der Waals surface area contributed by atoms with Gasteiger partial charge in [-0.3, -0.25) is 0 Å². The van der Waals surface area contributed by atoms with Crippen molar-refractivity contribution in [3.63, 3.8) is 0 Å². The molecule has 1 aliphatic heterocycles. The summed E-state index contributed by atoms with van der Waals surface area (Å²) in [7, 11) is 0. The average Bonchev–Trinajstić information content (AvgIpc) is 2.58. The van der Waals surface area contributed by atoms with Crippen LogP contribution in [-0.2, 0) is 11.3 Å². The number of ether oxygens (including phenoxy) is 1. The number of aliphatic carboxylic acids is 1. The molecule has 0 aromatic heterocycles. The summed E-state index contributed by atoms with van der Waals surface area (Å²) in [6, 6.07) is 9.74. The first-order chi connectivity index (χ1) is 12.2. The Morgan fingerprint density at radius 2 is 1.92 bits per heavy atom. The third-order valence-electron chi connectivity index (χ3n) is 3.98. The van der Waals surface area contributed by atoms with Crippen molar-refractivity contribution in [3.05, 3.63) is 58.1 Å². The number of hydrogen-bond donors (Lipinski definition) is 2. The summed E-state index contributed by atoms with van der Waals surface area (Å²) in [4.78, 5) is 11.3. The van der Waals surface area contributed by atoms with Gasteiger partial charge in [-0.15, -0.1) is 0 Å². The maximum atomic E-state index is 13.3. The Morgan fingerprint density at radius 3 is 2.54 bits per heavy atom. The fraction of sp³-hybridized carbons (Fsp3) is 0.167. The molecule has 1 heterocycles. The van der Waals surface area contributed by atoms with Gasteiger partial charge in [-0.1, -0.05) is 35.9 Å². The van der Waals surface area contributed by atoms with Crippen LogP contribution in [-0.4, -0.2) is 23.4 Å². The molecule has 0 amide bonds. The summed E-state index contributed by atoms with van der Waals surface area (Å²) in [5.74, 6) is -1.79. The lowest BCUT2D eigenvalue weighted by molar-refractivity contribution is -0.187. The number of carboxylic acids is 1. The molecule has 2 aromatic carbocycles. The van der Waals surface area contributed by atoms with Gasteiger partial charge in [0.15, 0.2) is 0 Å². The highest BCUT2D eigenvalue weighted by atomic mass is 35.5. The van der Waals surface area contributed by atoms with Crippen LogP contribution in [0, 0.1) is 0 Å². The molecule has 0 saturated heterocycles. The SMILES string of the molecule is NCc1ccccc1-c1cc(Cl)cc2c1O[C@@H](C(F)(F)F)C(C(=O)O)=C2. The van der Waals surface area contributed by atoms with Gasteiger partial charge in [0, 0.05) is 22.7 Å². The summed E-state index contributed by atoms with van der Waals surface area (Å²) in [5, 5.41) is 9.37. The Kier molecular flexibility index (Phi) is 4.68. The minimum atomic E-state index is -4.88. The van der Waals surface area contributed by atoms with E-state index in [1.165, 1.54) is 12.1 Å². The Hall–Kier alpha value is -2.51. The van der Waals surface area contributed by atoms with Crippen molar-refractivity contribution in [1.29, 1.82) is 0 Å². The smallest absolute Gasteiger partial charge is 0.430 e. The second-order valence-corrected chi connectivity index (χ2v) is 6.11. The molecule has 0 saturated carbocycles. The highest BCUT2D eigenvalue weighted by Crippen LogP contribution is 2.44. The van der Waals surface area contributed by atoms with Crippen molar-refractivity contribution < 1.29 is 27.8 Å². The van der Waals surface area contributed by atoms with Gasteiger partial charge < -0.3 is 15.6 Å². The van der Waals surface area contributed by atoms with Crippen LogP contribution in [0.2, 0.25) is 5.02 Å². The molecule has 8 heteroatoms. The minimum Gasteiger partial charge on any atom is -0.478 e. The van der Waals surface area contributed by atoms with Crippen LogP contribution in [0.5, 0.6) is 5.75 Å². The molecule has 136 valence electrons. The van der Waals surface area contributed by atoms with Gasteiger partial charge in [0.05, 0.1) is 5.57 Å². The number of hydrogen-bond acceptors (Lipinski definition) is 3. The molecule has 26 heavy (non-hydrogen) atoms. The van der Waals surface area contributed by atoms with Crippen molar-refractivity contribution in [2.24, 2.45) is 5.73 Å². The molecule has 0 unspecified atom stereocenters. The van der Waals surface area contributed by atoms with Gasteiger partial charge in [-0.25, -0.2) is 4.79 Å². The third-order valence-corrected chi connectivity index (χ3v) is 4.20. The summed E-state index contributed by atoms with van der Waals surface area (Å²) in [5.41, 5.74) is 6.57. The Bertz CT molecular complexity index is 909. The minimum absolute atomic E-state index is 0.0809. The fourth-order valence-electron chi connectivity index (χ4n) is 2.86. The van der Waals surface area contributed by atoms with Gasteiger partial charge in [-0.05, 0) is 29.3 Å². The predicted octanol–water partition coefficient (Wildman–Crippen LogP) is 4.26. The summed E-state index contributed by atoms with van der Waals surface area (Å²) >= 11 is 6.10. The van der Waals surface area contributed by atoms with Gasteiger partial charge in [0.1, 0.15) is 5.75 Å². The standard InChI is InChI=1S/C18H13ClF3NO3/c19-11-5-10-6-14(17(24)25)16(18(20,21)22)26-15(10)13(7-11)12-4-2-1-3-9(12)8-23/h1-7,16H,8,23H2,(H,24,25)/t16-/m1/s1. The molecule has 2 aromatic rings. The van der Waals surface area contributed by atoms with Crippen LogP contribution in [0.1, 0.15) is 11.1 Å². The predicted molar refractivity (Wildman–Crippen MR) is 90.9 cm³/mol. The van der Waals surface area contributed by atoms with Crippen LogP contribution in [0.15, 0.2) is 42.0 Å². The zero-order valence-electron chi connectivity index (χ0n) is 13.2. The van der Waals surface area contributed by atoms with Crippen molar-refractivity contribution in [3.8, 4) is 16.9 Å². The number of nitrogens with two attached hydrogens (primary N) is 1. The molecule has 0 bridgehead atoms. The van der Waals surface area contributed by atoms with Crippen LogP contribution < -0.4 is 10.5 Å². The monoisotopic (exact) mass is 383 g/mol. The largest absolute Gasteiger partial charge is 0.478 e. The molecule has 3 N–H and O–H groups in total. The molecule has 1 atom stereocenters. The average molecular weight is 384 g/mol. The van der Waals surface area contributed by atoms with Crippen LogP contribution in [0.3, 0.4) is 0 Å². The van der Waals surface area contributed by atoms with E-state index in [0.717, 1.165) is 6.08 Å². The maximum absolute atomic E-state index is 13.3. The number of halogens is 4. The van der Waals surface area contributed by atoms with Crippen LogP contribution >= 0.6 is 11.6 Å². The Labute approximate surface area is 151 Å². The van der Waals surface area contributed by atoms with Gasteiger partial charge in [0.2, 0.25) is 6.10 Å². The van der Waals surface area contributed by atoms with Crippen LogP contribution in [0.25, 0.3) is 17.2 Å². The van der Waals surface area contributed by atoms with E-state index in [-0.39, 0.29) is 22.9 Å². The molecule has 4 nitrogen and oxygen atoms in total. The van der Waals surface area contributed by atoms with Gasteiger partial charge >= 0.3 is 12.1 Å². The summed E-state index contributed by atoms with van der Waals surface area (Å²) in [6.45, 7) is 0.163. The lowest BCUT2D eigenvalue weighted by atomic mass is 9.93. The second-order valence-electron chi connectivity index (χ2n) is 5.68. The molecule has 0 radical (unpaired) electrons. The van der Waals surface area contributed by atoms with E-state index in [1.807, 2.05) is 0 Å². The third kappa shape index (κ3) is 3.27. The lowest BCUT2D eigenvalue weighted by Gasteiger charge is -2.29. The Morgan fingerprint density at radius 1 is 1.23 bits per heavy atom. The fourth-order valence-corrected chi connectivity index (χ4v) is 3.08. The number of carbonyl (C=O) groups is 1. The highest BCUT2D eigenvalue weighted by Gasteiger charge is 2.48. The number of rotatable bonds is 3. The normalized spacial score (nSPS) is 16.5. The number of benzene rings is 2. The molecule has 0 aliphatic carbocycles. The second kappa shape index (κ2) is 6.66. The van der Waals surface area contributed by atoms with Crippen LogP contribution in [0.4, 0.5) is 13.2 Å². The topological polar surface area (TPSA) is 72.5 Å². The number of alkyl halides is 3.